The molecule has 98 valence electrons. The Balaban J connectivity index is 1.72. The highest BCUT2D eigenvalue weighted by Crippen LogP contribution is 2.33. The van der Waals surface area contributed by atoms with Gasteiger partial charge >= 0.3 is 0 Å². The van der Waals surface area contributed by atoms with Gasteiger partial charge in [-0.05, 0) is 42.2 Å². The molecule has 2 aromatic carbocycles. The number of benzene rings is 2. The van der Waals surface area contributed by atoms with Gasteiger partial charge in [0.1, 0.15) is 11.6 Å². The molecule has 1 aliphatic rings. The summed E-state index contributed by atoms with van der Waals surface area (Å²) in [6, 6.07) is 12.6. The Morgan fingerprint density at radius 1 is 1.21 bits per heavy atom. The molecule has 1 atom stereocenters. The maximum atomic E-state index is 13.5. The smallest absolute Gasteiger partial charge is 0.127 e. The first-order chi connectivity index (χ1) is 9.24. The number of halogens is 1. The van der Waals surface area contributed by atoms with Crippen molar-refractivity contribution >= 4 is 0 Å². The third-order valence-electron chi connectivity index (χ3n) is 3.70. The monoisotopic (exact) mass is 257 g/mol. The summed E-state index contributed by atoms with van der Waals surface area (Å²) in [5, 5.41) is 12.8. The van der Waals surface area contributed by atoms with E-state index in [0.29, 0.717) is 17.9 Å². The number of rotatable bonds is 3. The van der Waals surface area contributed by atoms with Crippen LogP contribution in [0.25, 0.3) is 0 Å². The molecule has 2 aromatic rings. The van der Waals surface area contributed by atoms with Gasteiger partial charge in [0, 0.05) is 18.2 Å². The zero-order valence-corrected chi connectivity index (χ0v) is 10.6. The van der Waals surface area contributed by atoms with E-state index in [1.54, 1.807) is 18.2 Å². The molecule has 0 spiro atoms. The molecule has 0 radical (unpaired) electrons. The maximum absolute atomic E-state index is 13.5. The topological polar surface area (TPSA) is 32.3 Å². The molecule has 0 fully saturated rings. The Hall–Kier alpha value is -1.87. The molecule has 1 unspecified atom stereocenters. The van der Waals surface area contributed by atoms with Crippen LogP contribution in [0.15, 0.2) is 42.5 Å². The molecule has 0 saturated heterocycles. The molecule has 0 bridgehead atoms. The van der Waals surface area contributed by atoms with Crippen molar-refractivity contribution in [2.24, 2.45) is 0 Å². The summed E-state index contributed by atoms with van der Waals surface area (Å²) < 4.78 is 13.5. The molecule has 0 aromatic heterocycles. The van der Waals surface area contributed by atoms with Crippen molar-refractivity contribution < 1.29 is 9.50 Å². The molecule has 3 rings (SSSR count). The highest BCUT2D eigenvalue weighted by Gasteiger charge is 2.22. The zero-order chi connectivity index (χ0) is 13.2. The highest BCUT2D eigenvalue weighted by atomic mass is 19.1. The first-order valence-corrected chi connectivity index (χ1v) is 6.52. The fourth-order valence-electron chi connectivity index (χ4n) is 2.69. The molecule has 1 aliphatic carbocycles. The van der Waals surface area contributed by atoms with E-state index >= 15 is 0 Å². The Bertz CT molecular complexity index is 597. The molecular formula is C16H16FNO. The minimum absolute atomic E-state index is 0.168. The molecule has 0 heterocycles. The number of hydrogen-bond acceptors (Lipinski definition) is 2. The highest BCUT2D eigenvalue weighted by molar-refractivity contribution is 5.40. The lowest BCUT2D eigenvalue weighted by Gasteiger charge is -2.14. The average Bonchev–Trinajstić information content (AvgIpc) is 2.80. The number of fused-ring (bicyclic) bond motifs is 1. The lowest BCUT2D eigenvalue weighted by atomic mass is 10.1. The number of hydrogen-bond donors (Lipinski definition) is 2. The van der Waals surface area contributed by atoms with Crippen molar-refractivity contribution in [2.45, 2.75) is 25.4 Å². The van der Waals surface area contributed by atoms with Gasteiger partial charge in [0.05, 0.1) is 0 Å². The molecule has 2 N–H and O–H groups in total. The quantitative estimate of drug-likeness (QED) is 0.884. The predicted molar refractivity (Wildman–Crippen MR) is 72.4 cm³/mol. The van der Waals surface area contributed by atoms with Gasteiger partial charge in [-0.25, -0.2) is 4.39 Å². The van der Waals surface area contributed by atoms with Gasteiger partial charge in [-0.2, -0.15) is 0 Å². The van der Waals surface area contributed by atoms with Gasteiger partial charge < -0.3 is 10.4 Å². The van der Waals surface area contributed by atoms with Crippen molar-refractivity contribution in [1.29, 1.82) is 0 Å². The summed E-state index contributed by atoms with van der Waals surface area (Å²) in [5.41, 5.74) is 3.09. The third kappa shape index (κ3) is 2.47. The van der Waals surface area contributed by atoms with E-state index in [2.05, 4.69) is 5.32 Å². The van der Waals surface area contributed by atoms with Crippen LogP contribution in [0.3, 0.4) is 0 Å². The van der Waals surface area contributed by atoms with E-state index in [1.807, 2.05) is 18.2 Å². The Labute approximate surface area is 111 Å². The van der Waals surface area contributed by atoms with Crippen molar-refractivity contribution in [2.75, 3.05) is 0 Å². The van der Waals surface area contributed by atoms with Crippen LogP contribution in [0, 0.1) is 5.82 Å². The minimum atomic E-state index is -0.168. The Morgan fingerprint density at radius 3 is 2.89 bits per heavy atom. The first kappa shape index (κ1) is 12.2. The summed E-state index contributed by atoms with van der Waals surface area (Å²) in [5.74, 6) is 0.146. The second kappa shape index (κ2) is 5.02. The van der Waals surface area contributed by atoms with Gasteiger partial charge in [-0.3, -0.25) is 0 Å². The zero-order valence-electron chi connectivity index (χ0n) is 10.6. The van der Waals surface area contributed by atoms with Gasteiger partial charge in [0.2, 0.25) is 0 Å². The molecular weight excluding hydrogens is 241 g/mol. The second-order valence-electron chi connectivity index (χ2n) is 4.95. The molecule has 0 aliphatic heterocycles. The van der Waals surface area contributed by atoms with Crippen LogP contribution in [0.2, 0.25) is 0 Å². The number of nitrogens with one attached hydrogen (secondary N) is 1. The predicted octanol–water partition coefficient (Wildman–Crippen LogP) is 3.31. The number of phenols is 1. The van der Waals surface area contributed by atoms with Gasteiger partial charge in [-0.1, -0.05) is 24.3 Å². The van der Waals surface area contributed by atoms with E-state index in [4.69, 9.17) is 0 Å². The van der Waals surface area contributed by atoms with Gasteiger partial charge in [-0.15, -0.1) is 0 Å². The van der Waals surface area contributed by atoms with Gasteiger partial charge in [0.25, 0.3) is 0 Å². The number of phenolic OH excluding ortho intramolecular Hbond substituents is 1. The van der Waals surface area contributed by atoms with E-state index in [-0.39, 0.29) is 11.9 Å². The normalized spacial score (nSPS) is 17.4. The molecule has 2 nitrogen and oxygen atoms in total. The average molecular weight is 257 g/mol. The van der Waals surface area contributed by atoms with E-state index < -0.39 is 0 Å². The van der Waals surface area contributed by atoms with Crippen LogP contribution in [0.1, 0.15) is 29.2 Å². The minimum Gasteiger partial charge on any atom is -0.508 e. The lowest BCUT2D eigenvalue weighted by Crippen LogP contribution is -2.19. The summed E-state index contributed by atoms with van der Waals surface area (Å²) in [7, 11) is 0. The van der Waals surface area contributed by atoms with Crippen LogP contribution in [0.4, 0.5) is 4.39 Å². The van der Waals surface area contributed by atoms with Crippen LogP contribution < -0.4 is 5.32 Å². The molecule has 0 saturated carbocycles. The maximum Gasteiger partial charge on any atom is 0.127 e. The number of aromatic hydroxyl groups is 1. The van der Waals surface area contributed by atoms with E-state index in [9.17, 15) is 9.50 Å². The summed E-state index contributed by atoms with van der Waals surface area (Å²) >= 11 is 0. The Morgan fingerprint density at radius 2 is 2.05 bits per heavy atom. The number of aryl methyl sites for hydroxylation is 1. The SMILES string of the molecule is Oc1ccc2c(c1)CCC2NCc1ccccc1F. The third-order valence-corrected chi connectivity index (χ3v) is 3.70. The van der Waals surface area contributed by atoms with E-state index in [0.717, 1.165) is 12.8 Å². The van der Waals surface area contributed by atoms with Crippen LogP contribution >= 0.6 is 0 Å². The largest absolute Gasteiger partial charge is 0.508 e. The van der Waals surface area contributed by atoms with Crippen LogP contribution in [0.5, 0.6) is 5.75 Å². The molecule has 0 amide bonds. The summed E-state index contributed by atoms with van der Waals surface area (Å²) in [6.45, 7) is 0.525. The lowest BCUT2D eigenvalue weighted by molar-refractivity contribution is 0.474. The fourth-order valence-corrected chi connectivity index (χ4v) is 2.69. The summed E-state index contributed by atoms with van der Waals surface area (Å²) in [4.78, 5) is 0. The van der Waals surface area contributed by atoms with Crippen molar-refractivity contribution in [3.8, 4) is 5.75 Å². The first-order valence-electron chi connectivity index (χ1n) is 6.52. The summed E-state index contributed by atoms with van der Waals surface area (Å²) in [6.07, 6.45) is 1.95. The van der Waals surface area contributed by atoms with E-state index in [1.165, 1.54) is 17.2 Å². The molecule has 3 heteroatoms. The van der Waals surface area contributed by atoms with Gasteiger partial charge in [0.15, 0.2) is 0 Å². The van der Waals surface area contributed by atoms with Crippen LogP contribution in [-0.2, 0) is 13.0 Å². The molecule has 19 heavy (non-hydrogen) atoms. The standard InChI is InChI=1S/C16H16FNO/c17-15-4-2-1-3-12(15)10-18-16-8-5-11-9-13(19)6-7-14(11)16/h1-4,6-7,9,16,18-19H,5,8,10H2. The second-order valence-corrected chi connectivity index (χ2v) is 4.95. The van der Waals surface area contributed by atoms with Crippen LogP contribution in [-0.4, -0.2) is 5.11 Å². The van der Waals surface area contributed by atoms with Crippen molar-refractivity contribution in [1.82, 2.24) is 5.32 Å². The Kier molecular flexibility index (Phi) is 3.22. The van der Waals surface area contributed by atoms with Crippen molar-refractivity contribution in [3.05, 3.63) is 65.0 Å². The fraction of sp³-hybridized carbons (Fsp3) is 0.250. The van der Waals surface area contributed by atoms with Crippen molar-refractivity contribution in [3.63, 3.8) is 0 Å².